The molecule has 3 N–H and O–H groups in total. The van der Waals surface area contributed by atoms with E-state index in [4.69, 9.17) is 10.5 Å². The number of ether oxygens (including phenoxy) is 1. The van der Waals surface area contributed by atoms with Gasteiger partial charge in [-0.15, -0.1) is 16.9 Å². The maximum atomic E-state index is 13.2. The third kappa shape index (κ3) is 4.76. The van der Waals surface area contributed by atoms with Gasteiger partial charge in [0.05, 0.1) is 11.8 Å². The minimum Gasteiger partial charge on any atom is -0.442 e. The highest BCUT2D eigenvalue weighted by molar-refractivity contribution is 8.01. The van der Waals surface area contributed by atoms with Crippen molar-refractivity contribution in [1.82, 2.24) is 30.4 Å². The lowest BCUT2D eigenvalue weighted by atomic mass is 9.95. The number of carbonyl (C=O) groups excluding carboxylic acids is 3. The molecule has 3 heterocycles. The predicted molar refractivity (Wildman–Crippen MR) is 128 cm³/mol. The van der Waals surface area contributed by atoms with Crippen LogP contribution in [-0.4, -0.2) is 59.1 Å². The summed E-state index contributed by atoms with van der Waals surface area (Å²) in [5.41, 5.74) is 6.86. The molecule has 0 radical (unpaired) electrons. The summed E-state index contributed by atoms with van der Waals surface area (Å²) in [7, 11) is 0. The molecule has 2 unspecified atom stereocenters. The Morgan fingerprint density at radius 3 is 2.57 bits per heavy atom. The molecule has 2 aromatic rings. The number of carbonyl (C=O) groups is 3. The van der Waals surface area contributed by atoms with Crippen molar-refractivity contribution in [2.24, 2.45) is 11.1 Å². The normalized spacial score (nSPS) is 23.0. The molecule has 3 atom stereocenters. The Morgan fingerprint density at radius 1 is 1.23 bits per heavy atom. The second-order valence-corrected chi connectivity index (χ2v) is 12.1. The molecule has 0 bridgehead atoms. The maximum Gasteiger partial charge on any atom is 0.313 e. The molecule has 2 fully saturated rings. The van der Waals surface area contributed by atoms with E-state index in [1.807, 2.05) is 38.1 Å². The molecule has 0 spiro atoms. The Balaban J connectivity index is 1.46. The number of hydrogen-bond acceptors (Lipinski definition) is 9. The molecule has 2 amide bonds. The van der Waals surface area contributed by atoms with Crippen LogP contribution < -0.4 is 11.1 Å². The van der Waals surface area contributed by atoms with Gasteiger partial charge in [-0.2, -0.15) is 4.68 Å². The largest absolute Gasteiger partial charge is 0.442 e. The molecule has 11 nitrogen and oxygen atoms in total. The van der Waals surface area contributed by atoms with Crippen LogP contribution in [0.25, 0.3) is 0 Å². The number of fused-ring (bicyclic) bond motifs is 1. The number of rotatable bonds is 7. The van der Waals surface area contributed by atoms with Gasteiger partial charge in [0.15, 0.2) is 12.6 Å². The van der Waals surface area contributed by atoms with Crippen LogP contribution in [0.2, 0.25) is 0 Å². The summed E-state index contributed by atoms with van der Waals surface area (Å²) in [5.74, 6) is -0.373. The van der Waals surface area contributed by atoms with Crippen LogP contribution in [0, 0.1) is 5.41 Å². The molecule has 1 aromatic heterocycles. The molecule has 35 heavy (non-hydrogen) atoms. The highest BCUT2D eigenvalue weighted by Gasteiger charge is 2.63. The number of amides is 2. The van der Waals surface area contributed by atoms with Gasteiger partial charge in [-0.25, -0.2) is 0 Å². The van der Waals surface area contributed by atoms with E-state index in [9.17, 15) is 14.4 Å². The zero-order chi connectivity index (χ0) is 25.5. The topological polar surface area (TPSA) is 145 Å². The summed E-state index contributed by atoms with van der Waals surface area (Å²) in [6.07, 6.45) is 0.152. The molecule has 0 aliphatic carbocycles. The van der Waals surface area contributed by atoms with E-state index in [0.29, 0.717) is 12.4 Å². The van der Waals surface area contributed by atoms with Gasteiger partial charge in [0, 0.05) is 11.3 Å². The molecule has 2 aliphatic rings. The van der Waals surface area contributed by atoms with Gasteiger partial charge in [0.25, 0.3) is 0 Å². The predicted octanol–water partition coefficient (Wildman–Crippen LogP) is 1.14. The first-order valence-electron chi connectivity index (χ1n) is 11.4. The van der Waals surface area contributed by atoms with E-state index < -0.39 is 22.2 Å². The third-order valence-corrected chi connectivity index (χ3v) is 7.75. The number of aromatic nitrogens is 4. The van der Waals surface area contributed by atoms with Crippen LogP contribution in [0.4, 0.5) is 0 Å². The summed E-state index contributed by atoms with van der Waals surface area (Å²) in [5, 5.41) is 14.5. The van der Waals surface area contributed by atoms with E-state index in [1.54, 1.807) is 37.4 Å². The number of thioether (sulfide) groups is 1. The Morgan fingerprint density at radius 2 is 1.91 bits per heavy atom. The minimum absolute atomic E-state index is 0.150. The van der Waals surface area contributed by atoms with Crippen LogP contribution in [-0.2, 0) is 38.8 Å². The molecular formula is C23H31N7O4S. The number of tetrazole rings is 1. The van der Waals surface area contributed by atoms with Gasteiger partial charge in [0.2, 0.25) is 11.8 Å². The molecule has 2 aliphatic heterocycles. The number of nitrogens with one attached hydrogen (secondary N) is 1. The molecule has 4 rings (SSSR count). The van der Waals surface area contributed by atoms with Crippen molar-refractivity contribution in [1.29, 1.82) is 0 Å². The number of benzene rings is 1. The fraction of sp³-hybridized carbons (Fsp3) is 0.565. The number of nitrogens with two attached hydrogens (primary N) is 1. The third-order valence-electron chi connectivity index (χ3n) is 6.18. The maximum absolute atomic E-state index is 13.2. The van der Waals surface area contributed by atoms with Gasteiger partial charge in [-0.3, -0.25) is 14.4 Å². The Hall–Kier alpha value is -2.99. The monoisotopic (exact) mass is 501 g/mol. The van der Waals surface area contributed by atoms with Crippen molar-refractivity contribution < 1.29 is 19.1 Å². The Labute approximate surface area is 208 Å². The lowest BCUT2D eigenvalue weighted by molar-refractivity contribution is -0.158. The Bertz CT molecular complexity index is 1140. The average molecular weight is 502 g/mol. The van der Waals surface area contributed by atoms with Crippen molar-refractivity contribution in [3.05, 3.63) is 41.2 Å². The van der Waals surface area contributed by atoms with Gasteiger partial charge in [-0.1, -0.05) is 24.3 Å². The quantitative estimate of drug-likeness (QED) is 0.421. The number of β-lactam (4-membered cyclic amide) rings is 1. The van der Waals surface area contributed by atoms with Crippen molar-refractivity contribution in [2.75, 3.05) is 0 Å². The summed E-state index contributed by atoms with van der Waals surface area (Å²) >= 11 is 1.58. The summed E-state index contributed by atoms with van der Waals surface area (Å²) < 4.78 is 6.35. The SMILES string of the molecule is CC(C)(C)C(=O)OCn1nnnc1C1N2C(=O)C(NC(=O)Cc3ccccc3CN)[C@@H]2SC1(C)C. The lowest BCUT2D eigenvalue weighted by Gasteiger charge is -2.44. The van der Waals surface area contributed by atoms with E-state index in [-0.39, 0.29) is 36.3 Å². The smallest absolute Gasteiger partial charge is 0.313 e. The van der Waals surface area contributed by atoms with Crippen molar-refractivity contribution >= 4 is 29.5 Å². The molecule has 2 saturated heterocycles. The van der Waals surface area contributed by atoms with Crippen LogP contribution >= 0.6 is 11.8 Å². The van der Waals surface area contributed by atoms with Crippen LogP contribution in [0.5, 0.6) is 0 Å². The standard InChI is InChI=1S/C23H31N7O4S/c1-22(2,3)21(33)34-12-29-18(26-27-28-29)17-23(4,5)35-20-16(19(32)30(17)20)25-15(31)10-13-8-6-7-9-14(13)11-24/h6-9,16-17,20H,10-12,24H2,1-5H3,(H,25,31)/t16?,17?,20-/m0/s1. The van der Waals surface area contributed by atoms with Crippen molar-refractivity contribution in [3.8, 4) is 0 Å². The van der Waals surface area contributed by atoms with Crippen LogP contribution in [0.15, 0.2) is 24.3 Å². The fourth-order valence-corrected chi connectivity index (χ4v) is 5.96. The first-order chi connectivity index (χ1) is 16.4. The first kappa shape index (κ1) is 25.1. The first-order valence-corrected chi connectivity index (χ1v) is 12.3. The molecule has 188 valence electrons. The number of nitrogens with zero attached hydrogens (tertiary/aromatic N) is 5. The zero-order valence-electron chi connectivity index (χ0n) is 20.5. The highest BCUT2D eigenvalue weighted by Crippen LogP contribution is 2.56. The van der Waals surface area contributed by atoms with E-state index in [2.05, 4.69) is 20.8 Å². The van der Waals surface area contributed by atoms with Crippen molar-refractivity contribution in [3.63, 3.8) is 0 Å². The highest BCUT2D eigenvalue weighted by atomic mass is 32.2. The van der Waals surface area contributed by atoms with E-state index in [1.165, 1.54) is 4.68 Å². The number of esters is 1. The lowest BCUT2D eigenvalue weighted by Crippen LogP contribution is -2.68. The zero-order valence-corrected chi connectivity index (χ0v) is 21.3. The summed E-state index contributed by atoms with van der Waals surface area (Å²) in [6.45, 7) is 9.49. The average Bonchev–Trinajstić information content (AvgIpc) is 3.34. The van der Waals surface area contributed by atoms with Gasteiger partial charge < -0.3 is 20.7 Å². The van der Waals surface area contributed by atoms with E-state index in [0.717, 1.165) is 11.1 Å². The fourth-order valence-electron chi connectivity index (χ4n) is 4.33. The van der Waals surface area contributed by atoms with Crippen LogP contribution in [0.3, 0.4) is 0 Å². The molecule has 1 aromatic carbocycles. The van der Waals surface area contributed by atoms with Crippen LogP contribution in [0.1, 0.15) is 57.6 Å². The van der Waals surface area contributed by atoms with Crippen molar-refractivity contribution in [2.45, 2.75) is 76.5 Å². The molecular weight excluding hydrogens is 470 g/mol. The number of hydrogen-bond donors (Lipinski definition) is 2. The second kappa shape index (κ2) is 9.23. The summed E-state index contributed by atoms with van der Waals surface area (Å²) in [4.78, 5) is 39.8. The Kier molecular flexibility index (Phi) is 6.62. The van der Waals surface area contributed by atoms with Gasteiger partial charge in [0.1, 0.15) is 17.5 Å². The molecule has 0 saturated carbocycles. The van der Waals surface area contributed by atoms with Gasteiger partial charge >= 0.3 is 5.97 Å². The van der Waals surface area contributed by atoms with Gasteiger partial charge in [-0.05, 0) is 56.2 Å². The van der Waals surface area contributed by atoms with E-state index >= 15 is 0 Å². The molecule has 12 heteroatoms. The minimum atomic E-state index is -0.661. The summed E-state index contributed by atoms with van der Waals surface area (Å²) in [6, 6.07) is 6.42. The second-order valence-electron chi connectivity index (χ2n) is 10.3.